The molecule has 2 aliphatic rings. The molecule has 108 valence electrons. The van der Waals surface area contributed by atoms with Gasteiger partial charge >= 0.3 is 6.01 Å². The van der Waals surface area contributed by atoms with Crippen LogP contribution in [0.3, 0.4) is 0 Å². The largest absolute Gasteiger partial charge is 0.458 e. The summed E-state index contributed by atoms with van der Waals surface area (Å²) < 4.78 is 5.75. The summed E-state index contributed by atoms with van der Waals surface area (Å²) in [6.45, 7) is 1.48. The smallest absolute Gasteiger partial charge is 0.316 e. The second kappa shape index (κ2) is 5.95. The van der Waals surface area contributed by atoms with Gasteiger partial charge in [0.05, 0.1) is 24.0 Å². The number of hydrogen-bond acceptors (Lipinski definition) is 4. The summed E-state index contributed by atoms with van der Waals surface area (Å²) in [5.74, 6) is 0.544. The normalized spacial score (nSPS) is 23.2. The number of nitrogens with zero attached hydrogens (tertiary/aromatic N) is 3. The van der Waals surface area contributed by atoms with E-state index in [9.17, 15) is 4.79 Å². The van der Waals surface area contributed by atoms with E-state index in [4.69, 9.17) is 16.3 Å². The highest BCUT2D eigenvalue weighted by molar-refractivity contribution is 6.30. The first-order chi connectivity index (χ1) is 9.72. The van der Waals surface area contributed by atoms with Crippen molar-refractivity contribution in [2.75, 3.05) is 13.1 Å². The first kappa shape index (κ1) is 13.6. The van der Waals surface area contributed by atoms with E-state index in [1.807, 2.05) is 4.90 Å². The summed E-state index contributed by atoms with van der Waals surface area (Å²) in [4.78, 5) is 22.3. The van der Waals surface area contributed by atoms with Crippen LogP contribution >= 0.6 is 11.6 Å². The van der Waals surface area contributed by atoms with Gasteiger partial charge in [0.15, 0.2) is 0 Å². The van der Waals surface area contributed by atoms with Gasteiger partial charge in [0.1, 0.15) is 6.10 Å². The Kier molecular flexibility index (Phi) is 4.05. The third-order valence-electron chi connectivity index (χ3n) is 4.01. The molecule has 6 heteroatoms. The van der Waals surface area contributed by atoms with Gasteiger partial charge in [-0.15, -0.1) is 0 Å². The molecule has 5 nitrogen and oxygen atoms in total. The SMILES string of the molecule is O=C(C1CCC1)N1CCC[C@H](Oc2ncc(Cl)cn2)C1. The molecule has 1 saturated heterocycles. The van der Waals surface area contributed by atoms with Crippen molar-refractivity contribution in [3.8, 4) is 6.01 Å². The van der Waals surface area contributed by atoms with Crippen LogP contribution < -0.4 is 4.74 Å². The molecule has 0 unspecified atom stereocenters. The second-order valence-electron chi connectivity index (χ2n) is 5.48. The number of carbonyl (C=O) groups is 1. The molecule has 1 saturated carbocycles. The maximum atomic E-state index is 12.2. The number of ether oxygens (including phenoxy) is 1. The van der Waals surface area contributed by atoms with Gasteiger partial charge in [-0.3, -0.25) is 4.79 Å². The molecule has 20 heavy (non-hydrogen) atoms. The molecule has 0 N–H and O–H groups in total. The molecule has 2 heterocycles. The van der Waals surface area contributed by atoms with Gasteiger partial charge in [-0.2, -0.15) is 0 Å². The zero-order valence-electron chi connectivity index (χ0n) is 11.3. The first-order valence-corrected chi connectivity index (χ1v) is 7.53. The Labute approximate surface area is 123 Å². The molecule has 0 radical (unpaired) electrons. The summed E-state index contributed by atoms with van der Waals surface area (Å²) in [6, 6.07) is 0.331. The van der Waals surface area contributed by atoms with E-state index in [1.165, 1.54) is 18.8 Å². The number of likely N-dealkylation sites (tertiary alicyclic amines) is 1. The lowest BCUT2D eigenvalue weighted by molar-refractivity contribution is -0.140. The van der Waals surface area contributed by atoms with Gasteiger partial charge < -0.3 is 9.64 Å². The molecule has 1 aromatic heterocycles. The fraction of sp³-hybridized carbons (Fsp3) is 0.643. The number of amides is 1. The molecular weight excluding hydrogens is 278 g/mol. The van der Waals surface area contributed by atoms with Crippen LogP contribution in [-0.2, 0) is 4.79 Å². The minimum absolute atomic E-state index is 0.0195. The van der Waals surface area contributed by atoms with Crippen molar-refractivity contribution >= 4 is 17.5 Å². The molecule has 0 spiro atoms. The molecule has 1 aromatic rings. The summed E-state index contributed by atoms with van der Waals surface area (Å²) >= 11 is 5.74. The number of hydrogen-bond donors (Lipinski definition) is 0. The van der Waals surface area contributed by atoms with Crippen LogP contribution in [-0.4, -0.2) is 40.0 Å². The Morgan fingerprint density at radius 3 is 2.65 bits per heavy atom. The molecule has 0 aromatic carbocycles. The van der Waals surface area contributed by atoms with Crippen LogP contribution in [0.25, 0.3) is 0 Å². The van der Waals surface area contributed by atoms with Gasteiger partial charge in [-0.25, -0.2) is 9.97 Å². The maximum Gasteiger partial charge on any atom is 0.316 e. The highest BCUT2D eigenvalue weighted by Gasteiger charge is 2.32. The lowest BCUT2D eigenvalue weighted by Gasteiger charge is -2.36. The number of aromatic nitrogens is 2. The summed E-state index contributed by atoms with van der Waals surface area (Å²) in [5.41, 5.74) is 0. The van der Waals surface area contributed by atoms with E-state index in [2.05, 4.69) is 9.97 Å². The van der Waals surface area contributed by atoms with Crippen LogP contribution in [0.1, 0.15) is 32.1 Å². The predicted octanol–water partition coefficient (Wildman–Crippen LogP) is 2.30. The average molecular weight is 296 g/mol. The molecule has 3 rings (SSSR count). The zero-order valence-corrected chi connectivity index (χ0v) is 12.1. The van der Waals surface area contributed by atoms with Gasteiger partial charge in [0.25, 0.3) is 0 Å². The molecule has 0 bridgehead atoms. The molecule has 1 aliphatic carbocycles. The Hall–Kier alpha value is -1.36. The Morgan fingerprint density at radius 2 is 2.00 bits per heavy atom. The van der Waals surface area contributed by atoms with E-state index in [0.29, 0.717) is 23.5 Å². The Morgan fingerprint density at radius 1 is 1.25 bits per heavy atom. The Balaban J connectivity index is 1.57. The summed E-state index contributed by atoms with van der Waals surface area (Å²) in [7, 11) is 0. The standard InChI is InChI=1S/C14H18ClN3O2/c15-11-7-16-14(17-8-11)20-12-5-2-6-18(9-12)13(19)10-3-1-4-10/h7-8,10,12H,1-6,9H2/t12-/m0/s1. The van der Waals surface area contributed by atoms with Crippen molar-refractivity contribution in [3.63, 3.8) is 0 Å². The molecular formula is C14H18ClN3O2. The van der Waals surface area contributed by atoms with Crippen molar-refractivity contribution in [1.82, 2.24) is 14.9 Å². The third kappa shape index (κ3) is 3.03. The quantitative estimate of drug-likeness (QED) is 0.858. The van der Waals surface area contributed by atoms with E-state index < -0.39 is 0 Å². The summed E-state index contributed by atoms with van der Waals surface area (Å²) in [5, 5.41) is 0.489. The maximum absolute atomic E-state index is 12.2. The van der Waals surface area contributed by atoms with E-state index in [0.717, 1.165) is 32.2 Å². The minimum atomic E-state index is -0.0195. The molecule has 1 amide bonds. The van der Waals surface area contributed by atoms with E-state index >= 15 is 0 Å². The average Bonchev–Trinajstić information content (AvgIpc) is 2.40. The van der Waals surface area contributed by atoms with Crippen molar-refractivity contribution in [1.29, 1.82) is 0 Å². The van der Waals surface area contributed by atoms with E-state index in [1.54, 1.807) is 0 Å². The zero-order chi connectivity index (χ0) is 13.9. The van der Waals surface area contributed by atoms with Gasteiger partial charge in [0, 0.05) is 12.5 Å². The minimum Gasteiger partial charge on any atom is -0.458 e. The number of piperidine rings is 1. The van der Waals surface area contributed by atoms with Gasteiger partial charge in [-0.05, 0) is 25.7 Å². The fourth-order valence-electron chi connectivity index (χ4n) is 2.66. The monoisotopic (exact) mass is 295 g/mol. The van der Waals surface area contributed by atoms with Crippen LogP contribution in [0, 0.1) is 5.92 Å². The van der Waals surface area contributed by atoms with Gasteiger partial charge in [-0.1, -0.05) is 18.0 Å². The summed E-state index contributed by atoms with van der Waals surface area (Å²) in [6.07, 6.45) is 8.19. The van der Waals surface area contributed by atoms with Crippen LogP contribution in [0.2, 0.25) is 5.02 Å². The molecule has 2 fully saturated rings. The van der Waals surface area contributed by atoms with Crippen molar-refractivity contribution in [2.45, 2.75) is 38.2 Å². The van der Waals surface area contributed by atoms with Crippen LogP contribution in [0.4, 0.5) is 0 Å². The lowest BCUT2D eigenvalue weighted by Crippen LogP contribution is -2.47. The number of carbonyl (C=O) groups excluding carboxylic acids is 1. The predicted molar refractivity (Wildman–Crippen MR) is 74.6 cm³/mol. The van der Waals surface area contributed by atoms with Crippen molar-refractivity contribution in [2.24, 2.45) is 5.92 Å². The van der Waals surface area contributed by atoms with Crippen LogP contribution in [0.5, 0.6) is 6.01 Å². The number of rotatable bonds is 3. The van der Waals surface area contributed by atoms with E-state index in [-0.39, 0.29) is 12.0 Å². The highest BCUT2D eigenvalue weighted by atomic mass is 35.5. The fourth-order valence-corrected chi connectivity index (χ4v) is 2.76. The van der Waals surface area contributed by atoms with Gasteiger partial charge in [0.2, 0.25) is 5.91 Å². The van der Waals surface area contributed by atoms with Crippen molar-refractivity contribution < 1.29 is 9.53 Å². The lowest BCUT2D eigenvalue weighted by atomic mass is 9.84. The second-order valence-corrected chi connectivity index (χ2v) is 5.91. The Bertz CT molecular complexity index is 476. The molecule has 1 aliphatic heterocycles. The molecule has 1 atom stereocenters. The van der Waals surface area contributed by atoms with Crippen LogP contribution in [0.15, 0.2) is 12.4 Å². The topological polar surface area (TPSA) is 55.3 Å². The first-order valence-electron chi connectivity index (χ1n) is 7.15. The third-order valence-corrected chi connectivity index (χ3v) is 4.21. The number of halogens is 1. The highest BCUT2D eigenvalue weighted by Crippen LogP contribution is 2.29. The van der Waals surface area contributed by atoms with Crippen molar-refractivity contribution in [3.05, 3.63) is 17.4 Å².